The van der Waals surface area contributed by atoms with Gasteiger partial charge in [0.2, 0.25) is 0 Å². The summed E-state index contributed by atoms with van der Waals surface area (Å²) in [6, 6.07) is 15.9. The van der Waals surface area contributed by atoms with Gasteiger partial charge in [-0.2, -0.15) is 0 Å². The number of carbonyl (C=O) groups is 2. The van der Waals surface area contributed by atoms with Gasteiger partial charge in [-0.3, -0.25) is 19.7 Å². The summed E-state index contributed by atoms with van der Waals surface area (Å²) in [6.07, 6.45) is 0. The molecule has 0 aliphatic carbocycles. The molecule has 34 heavy (non-hydrogen) atoms. The number of rotatable bonds is 5. The number of nitrogens with zero attached hydrogens (tertiary/aromatic N) is 3. The maximum atomic E-state index is 12.2. The Hall–Kier alpha value is -3.68. The molecule has 8 nitrogen and oxygen atoms in total. The first-order valence-corrected chi connectivity index (χ1v) is 11.1. The van der Waals surface area contributed by atoms with Crippen LogP contribution in [0, 0.1) is 5.41 Å². The largest absolute Gasteiger partial charge is 0.550 e. The molecule has 0 radical (unpaired) electrons. The van der Waals surface area contributed by atoms with Crippen LogP contribution in [0.15, 0.2) is 54.6 Å². The molecule has 0 saturated carbocycles. The molecular formula is C26H37N5O3. The second kappa shape index (κ2) is 13.1. The lowest BCUT2D eigenvalue weighted by Crippen LogP contribution is -2.51. The second-order valence-corrected chi connectivity index (χ2v) is 8.65. The molecule has 2 N–H and O–H groups in total. The van der Waals surface area contributed by atoms with Crippen molar-refractivity contribution in [2.24, 2.45) is 0 Å². The van der Waals surface area contributed by atoms with Crippen LogP contribution in [0.1, 0.15) is 48.2 Å². The number of nitrogens with one attached hydrogen (secondary N) is 2. The van der Waals surface area contributed by atoms with Crippen molar-refractivity contribution in [2.45, 2.75) is 32.7 Å². The summed E-state index contributed by atoms with van der Waals surface area (Å²) in [5.41, 5.74) is 1.64. The summed E-state index contributed by atoms with van der Waals surface area (Å²) in [7, 11) is 9.70. The first-order chi connectivity index (χ1) is 15.9. The van der Waals surface area contributed by atoms with Crippen LogP contribution in [-0.2, 0) is 4.79 Å². The number of benzene rings is 2. The van der Waals surface area contributed by atoms with Gasteiger partial charge in [-0.25, -0.2) is 5.32 Å². The van der Waals surface area contributed by atoms with E-state index in [1.54, 1.807) is 55.5 Å². The summed E-state index contributed by atoms with van der Waals surface area (Å²) in [5, 5.41) is 21.8. The lowest BCUT2D eigenvalue weighted by molar-refractivity contribution is -0.471. The van der Waals surface area contributed by atoms with Crippen LogP contribution in [0.25, 0.3) is 0 Å². The molecule has 0 spiro atoms. The zero-order valence-electron chi connectivity index (χ0n) is 21.4. The third kappa shape index (κ3) is 8.35. The van der Waals surface area contributed by atoms with E-state index in [4.69, 9.17) is 5.41 Å². The molecule has 2 aromatic carbocycles. The van der Waals surface area contributed by atoms with E-state index in [1.807, 2.05) is 55.7 Å². The Labute approximate surface area is 203 Å². The highest BCUT2D eigenvalue weighted by atomic mass is 16.4. The number of hydrogen-bond donors (Lipinski definition) is 2. The van der Waals surface area contributed by atoms with Gasteiger partial charge >= 0.3 is 5.96 Å². The Morgan fingerprint density at radius 2 is 1.50 bits per heavy atom. The maximum absolute atomic E-state index is 12.2. The van der Waals surface area contributed by atoms with Crippen molar-refractivity contribution >= 4 is 23.7 Å². The summed E-state index contributed by atoms with van der Waals surface area (Å²) < 4.78 is 1.95. The highest BCUT2D eigenvalue weighted by molar-refractivity contribution is 6.09. The lowest BCUT2D eigenvalue weighted by atomic mass is 9.96. The lowest BCUT2D eigenvalue weighted by Gasteiger charge is -2.23. The number of aliphatic carboxylic acids is 1. The number of hydrogen-bond acceptors (Lipinski definition) is 4. The summed E-state index contributed by atoms with van der Waals surface area (Å²) >= 11 is 0. The van der Waals surface area contributed by atoms with Crippen LogP contribution in [-0.4, -0.2) is 79.3 Å². The van der Waals surface area contributed by atoms with E-state index in [2.05, 4.69) is 19.2 Å². The molecule has 0 aliphatic rings. The Balaban J connectivity index is 0.000000352. The normalized spacial score (nSPS) is 11.0. The molecule has 0 amide bonds. The average Bonchev–Trinajstić information content (AvgIpc) is 2.81. The molecule has 1 atom stereocenters. The van der Waals surface area contributed by atoms with Crippen LogP contribution in [0.2, 0.25) is 0 Å². The smallest absolute Gasteiger partial charge is 0.354 e. The summed E-state index contributed by atoms with van der Waals surface area (Å²) in [4.78, 5) is 26.9. The van der Waals surface area contributed by atoms with Gasteiger partial charge in [0.05, 0.1) is 28.2 Å². The standard InChI is InChI=1S/C16H14O3.C10H23N5/c1-11(16(18)19)13-8-5-9-14(10-13)15(17)12-6-3-2-4-7-12;1-8(2)15(7)9(11)12-10(13(3)4)14(5)6/h2-11H,1H3,(H,18,19);8,11H,1-7H3. The molecule has 0 aromatic heterocycles. The average molecular weight is 468 g/mol. The molecule has 0 fully saturated rings. The zero-order valence-corrected chi connectivity index (χ0v) is 21.4. The topological polar surface area (TPSA) is 103 Å². The molecular weight excluding hydrogens is 430 g/mol. The van der Waals surface area contributed by atoms with Crippen molar-refractivity contribution in [3.8, 4) is 0 Å². The quantitative estimate of drug-likeness (QED) is 0.301. The van der Waals surface area contributed by atoms with Crippen molar-refractivity contribution in [1.29, 1.82) is 5.41 Å². The fourth-order valence-electron chi connectivity index (χ4n) is 2.92. The first-order valence-electron chi connectivity index (χ1n) is 11.1. The van der Waals surface area contributed by atoms with Gasteiger partial charge in [-0.05, 0) is 25.5 Å². The van der Waals surface area contributed by atoms with Crippen LogP contribution >= 0.6 is 0 Å². The maximum Gasteiger partial charge on any atom is 0.354 e. The number of ketones is 1. The predicted molar refractivity (Wildman–Crippen MR) is 134 cm³/mol. The van der Waals surface area contributed by atoms with E-state index in [0.29, 0.717) is 28.7 Å². The minimum absolute atomic E-state index is 0.118. The third-order valence-electron chi connectivity index (χ3n) is 5.24. The molecule has 0 aliphatic heterocycles. The van der Waals surface area contributed by atoms with Crippen molar-refractivity contribution in [2.75, 3.05) is 35.2 Å². The number of carboxylic acid groups (broad SMARTS) is 1. The summed E-state index contributed by atoms with van der Waals surface area (Å²) in [6.45, 7) is 5.66. The summed E-state index contributed by atoms with van der Waals surface area (Å²) in [5.74, 6) is -0.698. The Kier molecular flexibility index (Phi) is 10.9. The highest BCUT2D eigenvalue weighted by Crippen LogP contribution is 2.18. The number of carbonyl (C=O) groups excluding carboxylic acids is 2. The molecule has 184 valence electrons. The number of guanidine groups is 2. The van der Waals surface area contributed by atoms with Crippen molar-refractivity contribution in [1.82, 2.24) is 15.1 Å². The third-order valence-corrected chi connectivity index (χ3v) is 5.24. The van der Waals surface area contributed by atoms with Crippen molar-refractivity contribution in [3.05, 3.63) is 71.3 Å². The monoisotopic (exact) mass is 467 g/mol. The van der Waals surface area contributed by atoms with Crippen LogP contribution in [0.5, 0.6) is 0 Å². The molecule has 2 aromatic rings. The van der Waals surface area contributed by atoms with E-state index in [0.717, 1.165) is 5.96 Å². The van der Waals surface area contributed by atoms with Crippen LogP contribution in [0.3, 0.4) is 0 Å². The van der Waals surface area contributed by atoms with Gasteiger partial charge in [0.15, 0.2) is 5.78 Å². The highest BCUT2D eigenvalue weighted by Gasteiger charge is 2.18. The van der Waals surface area contributed by atoms with Gasteiger partial charge in [-0.15, -0.1) is 0 Å². The SMILES string of the molecule is CC(C(=O)[O-])c1cccc(C(=O)c2ccccc2)c1.CC(C)N(C)C(=N)NC(N(C)C)=[N+](C)C. The van der Waals surface area contributed by atoms with Gasteiger partial charge in [0.25, 0.3) is 5.96 Å². The fraction of sp³-hybridized carbons (Fsp3) is 0.385. The van der Waals surface area contributed by atoms with Crippen LogP contribution in [0.4, 0.5) is 0 Å². The zero-order chi connectivity index (χ0) is 26.0. The van der Waals surface area contributed by atoms with E-state index in [1.165, 1.54) is 0 Å². The van der Waals surface area contributed by atoms with E-state index in [-0.39, 0.29) is 5.78 Å². The Morgan fingerprint density at radius 3 is 1.97 bits per heavy atom. The molecule has 0 bridgehead atoms. The predicted octanol–water partition coefficient (Wildman–Crippen LogP) is 1.81. The number of carboxylic acids is 1. The van der Waals surface area contributed by atoms with Crippen molar-refractivity contribution in [3.63, 3.8) is 0 Å². The van der Waals surface area contributed by atoms with E-state index in [9.17, 15) is 14.7 Å². The van der Waals surface area contributed by atoms with Gasteiger partial charge < -0.3 is 14.8 Å². The van der Waals surface area contributed by atoms with Gasteiger partial charge in [0.1, 0.15) is 0 Å². The van der Waals surface area contributed by atoms with Crippen molar-refractivity contribution < 1.29 is 19.3 Å². The molecule has 8 heteroatoms. The molecule has 2 rings (SSSR count). The first kappa shape index (κ1) is 28.4. The van der Waals surface area contributed by atoms with E-state index < -0.39 is 11.9 Å². The molecule has 0 saturated heterocycles. The Morgan fingerprint density at radius 1 is 0.941 bits per heavy atom. The molecule has 0 heterocycles. The minimum atomic E-state index is -1.15. The molecule has 1 unspecified atom stereocenters. The Bertz CT molecular complexity index is 1010. The fourth-order valence-corrected chi connectivity index (χ4v) is 2.92. The van der Waals surface area contributed by atoms with Gasteiger partial charge in [-0.1, -0.05) is 55.5 Å². The van der Waals surface area contributed by atoms with Crippen LogP contribution < -0.4 is 10.4 Å². The van der Waals surface area contributed by atoms with Gasteiger partial charge in [0, 0.05) is 36.1 Å². The van der Waals surface area contributed by atoms with E-state index >= 15 is 0 Å². The minimum Gasteiger partial charge on any atom is -0.550 e. The second-order valence-electron chi connectivity index (χ2n) is 8.65.